The number of oxazole rings is 1. The molecule has 1 amide bonds. The van der Waals surface area contributed by atoms with Crippen LogP contribution in [-0.2, 0) is 13.0 Å². The fourth-order valence-electron chi connectivity index (χ4n) is 2.10. The molecule has 1 heterocycles. The molecule has 2 N–H and O–H groups in total. The molecule has 0 fully saturated rings. The zero-order valence-electron chi connectivity index (χ0n) is 13.0. The highest BCUT2D eigenvalue weighted by atomic mass is 35.5. The molecule has 0 atom stereocenters. The lowest BCUT2D eigenvalue weighted by atomic mass is 10.2. The van der Waals surface area contributed by atoms with Crippen LogP contribution in [-0.4, -0.2) is 17.9 Å². The summed E-state index contributed by atoms with van der Waals surface area (Å²) >= 11 is 6.12. The van der Waals surface area contributed by atoms with Crippen molar-refractivity contribution in [3.8, 4) is 0 Å². The van der Waals surface area contributed by atoms with Crippen molar-refractivity contribution in [2.24, 2.45) is 0 Å². The summed E-state index contributed by atoms with van der Waals surface area (Å²) in [6, 6.07) is 5.24. The van der Waals surface area contributed by atoms with Crippen molar-refractivity contribution >= 4 is 23.2 Å². The summed E-state index contributed by atoms with van der Waals surface area (Å²) in [4.78, 5) is 16.0. The molecule has 0 aliphatic carbocycles. The van der Waals surface area contributed by atoms with E-state index in [0.29, 0.717) is 17.1 Å². The van der Waals surface area contributed by atoms with E-state index in [9.17, 15) is 4.79 Å². The van der Waals surface area contributed by atoms with Gasteiger partial charge < -0.3 is 15.1 Å². The second kappa shape index (κ2) is 7.31. The smallest absolute Gasteiger partial charge is 0.252 e. The van der Waals surface area contributed by atoms with Crippen LogP contribution in [0, 0.1) is 6.92 Å². The van der Waals surface area contributed by atoms with Crippen LogP contribution in [0.25, 0.3) is 0 Å². The quantitative estimate of drug-likeness (QED) is 0.853. The molecule has 0 aliphatic heterocycles. The van der Waals surface area contributed by atoms with E-state index in [1.54, 1.807) is 19.2 Å². The number of anilines is 1. The summed E-state index contributed by atoms with van der Waals surface area (Å²) in [6.07, 6.45) is 1.84. The van der Waals surface area contributed by atoms with E-state index >= 15 is 0 Å². The van der Waals surface area contributed by atoms with Crippen molar-refractivity contribution in [2.75, 3.05) is 12.4 Å². The molecule has 5 nitrogen and oxygen atoms in total. The first-order valence-corrected chi connectivity index (χ1v) is 7.63. The third-order valence-corrected chi connectivity index (χ3v) is 3.61. The third kappa shape index (κ3) is 3.80. The number of carbonyl (C=O) groups is 1. The molecule has 0 spiro atoms. The first kappa shape index (κ1) is 16.4. The number of hydrogen-bond donors (Lipinski definition) is 2. The summed E-state index contributed by atoms with van der Waals surface area (Å²) in [6.45, 7) is 4.55. The molecular weight excluding hydrogens is 302 g/mol. The Morgan fingerprint density at radius 2 is 2.18 bits per heavy atom. The van der Waals surface area contributed by atoms with Crippen molar-refractivity contribution in [3.05, 3.63) is 46.1 Å². The fraction of sp³-hybridized carbons (Fsp3) is 0.375. The van der Waals surface area contributed by atoms with Gasteiger partial charge in [0.1, 0.15) is 5.76 Å². The van der Waals surface area contributed by atoms with Crippen molar-refractivity contribution in [1.82, 2.24) is 10.3 Å². The van der Waals surface area contributed by atoms with Gasteiger partial charge >= 0.3 is 0 Å². The minimum Gasteiger partial charge on any atom is -0.444 e. The van der Waals surface area contributed by atoms with E-state index in [-0.39, 0.29) is 5.91 Å². The van der Waals surface area contributed by atoms with Gasteiger partial charge in [-0.15, -0.1) is 0 Å². The van der Waals surface area contributed by atoms with Gasteiger partial charge in [-0.3, -0.25) is 4.79 Å². The highest BCUT2D eigenvalue weighted by Gasteiger charge is 2.11. The van der Waals surface area contributed by atoms with Crippen LogP contribution in [0.5, 0.6) is 0 Å². The van der Waals surface area contributed by atoms with Crippen LogP contribution in [0.1, 0.15) is 41.0 Å². The lowest BCUT2D eigenvalue weighted by molar-refractivity contribution is 0.0963. The summed E-state index contributed by atoms with van der Waals surface area (Å²) < 4.78 is 5.72. The molecule has 0 unspecified atom stereocenters. The number of amides is 1. The largest absolute Gasteiger partial charge is 0.444 e. The molecule has 0 saturated carbocycles. The fourth-order valence-corrected chi connectivity index (χ4v) is 2.37. The monoisotopic (exact) mass is 321 g/mol. The molecule has 118 valence electrons. The number of nitrogens with one attached hydrogen (secondary N) is 2. The van der Waals surface area contributed by atoms with Gasteiger partial charge in [0.25, 0.3) is 5.91 Å². The molecule has 22 heavy (non-hydrogen) atoms. The van der Waals surface area contributed by atoms with Crippen LogP contribution >= 0.6 is 11.6 Å². The van der Waals surface area contributed by atoms with Crippen molar-refractivity contribution in [1.29, 1.82) is 0 Å². The second-order valence-electron chi connectivity index (χ2n) is 4.99. The van der Waals surface area contributed by atoms with Gasteiger partial charge in [-0.2, -0.15) is 0 Å². The Hall–Kier alpha value is -2.01. The molecule has 0 radical (unpaired) electrons. The maximum Gasteiger partial charge on any atom is 0.252 e. The highest BCUT2D eigenvalue weighted by molar-refractivity contribution is 6.34. The Bertz CT molecular complexity index is 667. The van der Waals surface area contributed by atoms with Crippen LogP contribution in [0.2, 0.25) is 5.02 Å². The molecule has 2 rings (SSSR count). The van der Waals surface area contributed by atoms with E-state index in [0.717, 1.165) is 35.9 Å². The minimum absolute atomic E-state index is 0.202. The van der Waals surface area contributed by atoms with Crippen LogP contribution in [0.3, 0.4) is 0 Å². The SMILES string of the molecule is CCCc1nc(C)c(CNc2ccc(C(=O)NC)c(Cl)c2)o1. The van der Waals surface area contributed by atoms with Crippen molar-refractivity contribution in [3.63, 3.8) is 0 Å². The Morgan fingerprint density at radius 3 is 2.82 bits per heavy atom. The molecule has 2 aromatic rings. The summed E-state index contributed by atoms with van der Waals surface area (Å²) in [7, 11) is 1.57. The number of carbonyl (C=O) groups excluding carboxylic acids is 1. The van der Waals surface area contributed by atoms with E-state index in [4.69, 9.17) is 16.0 Å². The normalized spacial score (nSPS) is 10.5. The second-order valence-corrected chi connectivity index (χ2v) is 5.40. The zero-order valence-corrected chi connectivity index (χ0v) is 13.8. The number of aryl methyl sites for hydroxylation is 2. The average Bonchev–Trinajstić information content (AvgIpc) is 2.85. The molecule has 0 bridgehead atoms. The maximum atomic E-state index is 11.6. The first-order valence-electron chi connectivity index (χ1n) is 7.25. The van der Waals surface area contributed by atoms with Gasteiger partial charge in [-0.1, -0.05) is 18.5 Å². The summed E-state index contributed by atoms with van der Waals surface area (Å²) in [5, 5.41) is 6.19. The van der Waals surface area contributed by atoms with Crippen LogP contribution in [0.15, 0.2) is 22.6 Å². The molecular formula is C16H20ClN3O2. The average molecular weight is 322 g/mol. The predicted molar refractivity (Wildman–Crippen MR) is 87.4 cm³/mol. The van der Waals surface area contributed by atoms with E-state index in [2.05, 4.69) is 22.5 Å². The number of hydrogen-bond acceptors (Lipinski definition) is 4. The maximum absolute atomic E-state index is 11.6. The van der Waals surface area contributed by atoms with Gasteiger partial charge in [0.2, 0.25) is 0 Å². The molecule has 1 aromatic carbocycles. The van der Waals surface area contributed by atoms with E-state index < -0.39 is 0 Å². The molecule has 0 aliphatic rings. The number of halogens is 1. The topological polar surface area (TPSA) is 67.2 Å². The van der Waals surface area contributed by atoms with Crippen LogP contribution < -0.4 is 10.6 Å². The van der Waals surface area contributed by atoms with E-state index in [1.807, 2.05) is 13.0 Å². The Morgan fingerprint density at radius 1 is 1.41 bits per heavy atom. The third-order valence-electron chi connectivity index (χ3n) is 3.29. The van der Waals surface area contributed by atoms with Gasteiger partial charge in [0.05, 0.1) is 22.8 Å². The molecule has 1 aromatic heterocycles. The Kier molecular flexibility index (Phi) is 5.44. The number of nitrogens with zero attached hydrogens (tertiary/aromatic N) is 1. The van der Waals surface area contributed by atoms with Gasteiger partial charge in [-0.05, 0) is 31.5 Å². The van der Waals surface area contributed by atoms with Gasteiger partial charge in [-0.25, -0.2) is 4.98 Å². The lowest BCUT2D eigenvalue weighted by Gasteiger charge is -2.08. The van der Waals surface area contributed by atoms with Crippen molar-refractivity contribution < 1.29 is 9.21 Å². The molecule has 0 saturated heterocycles. The Labute approximate surface area is 135 Å². The summed E-state index contributed by atoms with van der Waals surface area (Å²) in [5.74, 6) is 1.38. The van der Waals surface area contributed by atoms with Crippen LogP contribution in [0.4, 0.5) is 5.69 Å². The number of benzene rings is 1. The zero-order chi connectivity index (χ0) is 16.1. The van der Waals surface area contributed by atoms with Gasteiger partial charge in [0.15, 0.2) is 5.89 Å². The predicted octanol–water partition coefficient (Wildman–Crippen LogP) is 3.56. The van der Waals surface area contributed by atoms with E-state index in [1.165, 1.54) is 0 Å². The summed E-state index contributed by atoms with van der Waals surface area (Å²) in [5.41, 5.74) is 2.17. The van der Waals surface area contributed by atoms with Crippen molar-refractivity contribution in [2.45, 2.75) is 33.2 Å². The minimum atomic E-state index is -0.202. The highest BCUT2D eigenvalue weighted by Crippen LogP contribution is 2.22. The lowest BCUT2D eigenvalue weighted by Crippen LogP contribution is -2.18. The van der Waals surface area contributed by atoms with Gasteiger partial charge in [0, 0.05) is 19.2 Å². The standard InChI is InChI=1S/C16H20ClN3O2/c1-4-5-15-20-10(2)14(22-15)9-19-11-6-7-12(13(17)8-11)16(21)18-3/h6-8,19H,4-5,9H2,1-3H3,(H,18,21). The Balaban J connectivity index is 2.05. The number of aromatic nitrogens is 1. The first-order chi connectivity index (χ1) is 10.5. The number of rotatable bonds is 6. The molecule has 6 heteroatoms.